The third-order valence-corrected chi connectivity index (χ3v) is 3.36. The van der Waals surface area contributed by atoms with Gasteiger partial charge in [0.15, 0.2) is 0 Å². The van der Waals surface area contributed by atoms with Gasteiger partial charge < -0.3 is 11.1 Å². The summed E-state index contributed by atoms with van der Waals surface area (Å²) < 4.78 is 13.6. The number of rotatable bonds is 2. The van der Waals surface area contributed by atoms with E-state index >= 15 is 0 Å². The molecule has 1 aromatic heterocycles. The van der Waals surface area contributed by atoms with E-state index in [-0.39, 0.29) is 17.5 Å². The van der Waals surface area contributed by atoms with Gasteiger partial charge in [-0.25, -0.2) is 9.37 Å². The van der Waals surface area contributed by atoms with Gasteiger partial charge in [-0.05, 0) is 59.6 Å². The molecule has 4 nitrogen and oxygen atoms in total. The predicted molar refractivity (Wildman–Crippen MR) is 80.2 cm³/mol. The molecule has 0 saturated carbocycles. The molecule has 0 fully saturated rings. The maximum atomic E-state index is 13.3. The van der Waals surface area contributed by atoms with Gasteiger partial charge in [0.25, 0.3) is 5.91 Å². The number of halogens is 2. The number of carbonyl (C=O) groups is 1. The first-order valence-electron chi connectivity index (χ1n) is 5.88. The first-order valence-corrected chi connectivity index (χ1v) is 6.67. The summed E-state index contributed by atoms with van der Waals surface area (Å²) in [6, 6.07) is 6.02. The lowest BCUT2D eigenvalue weighted by molar-refractivity contribution is 0.102. The van der Waals surface area contributed by atoms with Crippen LogP contribution in [0.1, 0.15) is 21.6 Å². The largest absolute Gasteiger partial charge is 0.384 e. The third kappa shape index (κ3) is 3.14. The Balaban J connectivity index is 2.30. The zero-order valence-corrected chi connectivity index (χ0v) is 12.6. The molecule has 0 saturated heterocycles. The van der Waals surface area contributed by atoms with Gasteiger partial charge in [0.1, 0.15) is 11.6 Å². The lowest BCUT2D eigenvalue weighted by Gasteiger charge is -2.10. The van der Waals surface area contributed by atoms with Gasteiger partial charge in [-0.15, -0.1) is 0 Å². The van der Waals surface area contributed by atoms with Crippen LogP contribution in [0.4, 0.5) is 15.9 Å². The molecule has 6 heteroatoms. The molecule has 2 aromatic rings. The zero-order valence-electron chi connectivity index (χ0n) is 11.0. The summed E-state index contributed by atoms with van der Waals surface area (Å²) in [5, 5.41) is 2.73. The van der Waals surface area contributed by atoms with E-state index in [0.29, 0.717) is 27.0 Å². The first-order chi connectivity index (χ1) is 9.36. The normalized spacial score (nSPS) is 10.4. The molecule has 1 heterocycles. The molecule has 0 bridgehead atoms. The van der Waals surface area contributed by atoms with Crippen molar-refractivity contribution >= 4 is 33.3 Å². The summed E-state index contributed by atoms with van der Waals surface area (Å²) in [6.45, 7) is 3.48. The van der Waals surface area contributed by atoms with Gasteiger partial charge in [0, 0.05) is 16.9 Å². The number of aryl methyl sites for hydroxylation is 2. The predicted octanol–water partition coefficient (Wildman–Crippen LogP) is 3.43. The maximum absolute atomic E-state index is 13.3. The number of nitrogens with two attached hydrogens (primary N) is 1. The summed E-state index contributed by atoms with van der Waals surface area (Å²) in [5.41, 5.74) is 7.86. The maximum Gasteiger partial charge on any atom is 0.255 e. The van der Waals surface area contributed by atoms with E-state index in [4.69, 9.17) is 5.73 Å². The number of hydrogen-bond donors (Lipinski definition) is 2. The van der Waals surface area contributed by atoms with E-state index in [0.717, 1.165) is 0 Å². The van der Waals surface area contributed by atoms with Crippen molar-refractivity contribution in [2.75, 3.05) is 11.1 Å². The van der Waals surface area contributed by atoms with Crippen LogP contribution in [0.3, 0.4) is 0 Å². The molecule has 2 rings (SSSR count). The number of nitrogen functional groups attached to an aromatic ring is 1. The molecule has 3 N–H and O–H groups in total. The van der Waals surface area contributed by atoms with Gasteiger partial charge >= 0.3 is 0 Å². The van der Waals surface area contributed by atoms with Crippen LogP contribution in [0.25, 0.3) is 0 Å². The fraction of sp³-hybridized carbons (Fsp3) is 0.143. The third-order valence-electron chi connectivity index (χ3n) is 2.75. The van der Waals surface area contributed by atoms with Crippen LogP contribution in [-0.2, 0) is 0 Å². The van der Waals surface area contributed by atoms with Crippen LogP contribution in [0.2, 0.25) is 0 Å². The molecule has 0 radical (unpaired) electrons. The molecule has 0 aliphatic rings. The minimum atomic E-state index is -0.371. The lowest BCUT2D eigenvalue weighted by atomic mass is 10.1. The molecular weight excluding hydrogens is 325 g/mol. The van der Waals surface area contributed by atoms with Crippen LogP contribution >= 0.6 is 15.9 Å². The minimum Gasteiger partial charge on any atom is -0.384 e. The summed E-state index contributed by atoms with van der Waals surface area (Å²) in [7, 11) is 0. The number of benzene rings is 1. The van der Waals surface area contributed by atoms with E-state index in [1.54, 1.807) is 19.9 Å². The van der Waals surface area contributed by atoms with E-state index in [2.05, 4.69) is 26.2 Å². The van der Waals surface area contributed by atoms with Crippen molar-refractivity contribution < 1.29 is 9.18 Å². The van der Waals surface area contributed by atoms with Crippen molar-refractivity contribution in [2.24, 2.45) is 0 Å². The number of pyridine rings is 1. The lowest BCUT2D eigenvalue weighted by Crippen LogP contribution is -2.14. The average Bonchev–Trinajstić information content (AvgIpc) is 2.34. The highest BCUT2D eigenvalue weighted by atomic mass is 79.9. The van der Waals surface area contributed by atoms with Gasteiger partial charge in [-0.3, -0.25) is 4.79 Å². The molecule has 0 unspecified atom stereocenters. The molecule has 20 heavy (non-hydrogen) atoms. The summed E-state index contributed by atoms with van der Waals surface area (Å²) >= 11 is 3.09. The number of amides is 1. The van der Waals surface area contributed by atoms with Crippen molar-refractivity contribution in [1.29, 1.82) is 0 Å². The highest BCUT2D eigenvalue weighted by Crippen LogP contribution is 2.24. The van der Waals surface area contributed by atoms with Crippen LogP contribution in [0.15, 0.2) is 28.7 Å². The monoisotopic (exact) mass is 337 g/mol. The fourth-order valence-electron chi connectivity index (χ4n) is 1.80. The Morgan fingerprint density at radius 3 is 2.65 bits per heavy atom. The summed E-state index contributed by atoms with van der Waals surface area (Å²) in [6.07, 6.45) is 0. The van der Waals surface area contributed by atoms with Crippen molar-refractivity contribution in [1.82, 2.24) is 4.98 Å². The molecule has 0 atom stereocenters. The second kappa shape index (κ2) is 5.58. The Morgan fingerprint density at radius 1 is 1.30 bits per heavy atom. The van der Waals surface area contributed by atoms with Crippen molar-refractivity contribution in [2.45, 2.75) is 13.8 Å². The van der Waals surface area contributed by atoms with E-state index in [1.165, 1.54) is 18.2 Å². The van der Waals surface area contributed by atoms with E-state index < -0.39 is 0 Å². The Bertz CT molecular complexity index is 668. The summed E-state index contributed by atoms with van der Waals surface area (Å²) in [5.74, 6) is -0.402. The number of nitrogens with one attached hydrogen (secondary N) is 1. The number of carbonyl (C=O) groups excluding carboxylic acids is 1. The quantitative estimate of drug-likeness (QED) is 0.881. The molecule has 1 amide bonds. The zero-order chi connectivity index (χ0) is 14.9. The van der Waals surface area contributed by atoms with Crippen LogP contribution < -0.4 is 11.1 Å². The molecular formula is C14H13BrFN3O. The molecule has 0 aliphatic carbocycles. The van der Waals surface area contributed by atoms with Gasteiger partial charge in [0.05, 0.1) is 4.47 Å². The van der Waals surface area contributed by atoms with Crippen molar-refractivity contribution in [3.05, 3.63) is 51.4 Å². The standard InChI is InChI=1S/C14H13BrFN3O/c1-7-3-11(16)10(15)6-12(7)19-14(20)9-4-8(2)18-13(17)5-9/h3-6H,1-2H3,(H2,17,18)(H,19,20). The minimum absolute atomic E-state index is 0.284. The first kappa shape index (κ1) is 14.5. The fourth-order valence-corrected chi connectivity index (χ4v) is 2.14. The number of anilines is 2. The number of nitrogens with zero attached hydrogens (tertiary/aromatic N) is 1. The molecule has 0 spiro atoms. The van der Waals surface area contributed by atoms with E-state index in [9.17, 15) is 9.18 Å². The van der Waals surface area contributed by atoms with Crippen LogP contribution in [0.5, 0.6) is 0 Å². The Hall–Kier alpha value is -1.95. The Kier molecular flexibility index (Phi) is 4.04. The smallest absolute Gasteiger partial charge is 0.255 e. The van der Waals surface area contributed by atoms with Gasteiger partial charge in [-0.2, -0.15) is 0 Å². The molecule has 104 valence electrons. The molecule has 0 aliphatic heterocycles. The van der Waals surface area contributed by atoms with E-state index in [1.807, 2.05) is 0 Å². The summed E-state index contributed by atoms with van der Waals surface area (Å²) in [4.78, 5) is 16.2. The Morgan fingerprint density at radius 2 is 2.00 bits per heavy atom. The second-order valence-electron chi connectivity index (χ2n) is 4.46. The Labute approximate surface area is 124 Å². The second-order valence-corrected chi connectivity index (χ2v) is 5.31. The van der Waals surface area contributed by atoms with Crippen molar-refractivity contribution in [3.63, 3.8) is 0 Å². The average molecular weight is 338 g/mol. The number of aromatic nitrogens is 1. The highest BCUT2D eigenvalue weighted by molar-refractivity contribution is 9.10. The van der Waals surface area contributed by atoms with Crippen LogP contribution in [-0.4, -0.2) is 10.9 Å². The SMILES string of the molecule is Cc1cc(C(=O)Nc2cc(Br)c(F)cc2C)cc(N)n1. The molecule has 1 aromatic carbocycles. The van der Waals surface area contributed by atoms with Gasteiger partial charge in [-0.1, -0.05) is 0 Å². The van der Waals surface area contributed by atoms with Crippen LogP contribution in [0, 0.1) is 19.7 Å². The van der Waals surface area contributed by atoms with Gasteiger partial charge in [0.2, 0.25) is 0 Å². The van der Waals surface area contributed by atoms with Crippen molar-refractivity contribution in [3.8, 4) is 0 Å². The highest BCUT2D eigenvalue weighted by Gasteiger charge is 2.11. The number of hydrogen-bond acceptors (Lipinski definition) is 3. The topological polar surface area (TPSA) is 68.0 Å².